The summed E-state index contributed by atoms with van der Waals surface area (Å²) in [6.45, 7) is 0. The van der Waals surface area contributed by atoms with Crippen molar-refractivity contribution >= 4 is 28.4 Å². The minimum absolute atomic E-state index is 0. The van der Waals surface area contributed by atoms with Crippen LogP contribution in [0.1, 0.15) is 11.1 Å². The van der Waals surface area contributed by atoms with Gasteiger partial charge in [-0.2, -0.15) is 0 Å². The van der Waals surface area contributed by atoms with E-state index in [1.54, 1.807) is 30.4 Å². The second-order valence-electron chi connectivity index (χ2n) is 5.24. The molecule has 0 aromatic heterocycles. The Bertz CT molecular complexity index is 863. The molecular weight excluding hydrogens is 432 g/mol. The van der Waals surface area contributed by atoms with Crippen LogP contribution >= 0.6 is 7.82 Å². The molecule has 30 heavy (non-hydrogen) atoms. The number of rotatable bonds is 8. The third-order valence-corrected chi connectivity index (χ3v) is 3.97. The van der Waals surface area contributed by atoms with Crippen LogP contribution in [-0.4, -0.2) is 36.9 Å². The molecule has 8 nitrogen and oxygen atoms in total. The van der Waals surface area contributed by atoms with Gasteiger partial charge in [-0.15, -0.1) is 0 Å². The van der Waals surface area contributed by atoms with Crippen LogP contribution in [0.25, 0.3) is 12.2 Å². The first-order valence-electron chi connectivity index (χ1n) is 7.69. The Hall–Kier alpha value is -0.605. The Balaban J connectivity index is 0. The molecule has 12 heteroatoms. The van der Waals surface area contributed by atoms with E-state index in [1.807, 2.05) is 0 Å². The van der Waals surface area contributed by atoms with E-state index in [2.05, 4.69) is 4.52 Å². The molecule has 2 aromatic carbocycles. The first kappa shape index (κ1) is 31.6. The van der Waals surface area contributed by atoms with Crippen LogP contribution in [0.15, 0.2) is 30.3 Å². The summed E-state index contributed by atoms with van der Waals surface area (Å²) in [7, 11) is 0.680. The molecule has 3 radical (unpaired) electrons. The molecule has 0 bridgehead atoms. The summed E-state index contributed by atoms with van der Waals surface area (Å²) in [6, 6.07) is 8.07. The molecule has 0 amide bonds. The van der Waals surface area contributed by atoms with Gasteiger partial charge in [-0.05, 0) is 35.4 Å². The summed E-state index contributed by atoms with van der Waals surface area (Å²) < 4.78 is 36.2. The van der Waals surface area contributed by atoms with Crippen molar-refractivity contribution in [1.82, 2.24) is 0 Å². The van der Waals surface area contributed by atoms with Crippen LogP contribution in [0.5, 0.6) is 28.7 Å². The van der Waals surface area contributed by atoms with Crippen LogP contribution in [-0.2, 0) is 4.57 Å². The fourth-order valence-electron chi connectivity index (χ4n) is 2.38. The molecule has 0 unspecified atom stereocenters. The van der Waals surface area contributed by atoms with Crippen LogP contribution < -0.4 is 92.4 Å². The molecule has 0 aliphatic rings. The fourth-order valence-corrected chi connectivity index (χ4v) is 2.76. The number of hydrogen-bond donors (Lipinski definition) is 0. The van der Waals surface area contributed by atoms with Crippen molar-refractivity contribution in [2.75, 3.05) is 28.4 Å². The number of benzene rings is 2. The molecule has 0 spiro atoms. The molecule has 0 atom stereocenters. The van der Waals surface area contributed by atoms with Gasteiger partial charge in [0.15, 0.2) is 23.0 Å². The molecule has 0 aliphatic carbocycles. The van der Waals surface area contributed by atoms with Crippen molar-refractivity contribution in [3.05, 3.63) is 41.5 Å². The second-order valence-corrected chi connectivity index (χ2v) is 6.32. The molecule has 0 saturated carbocycles. The number of hydrogen-bond acceptors (Lipinski definition) is 8. The zero-order valence-corrected chi connectivity index (χ0v) is 22.7. The Morgan fingerprint density at radius 2 is 1.20 bits per heavy atom. The van der Waals surface area contributed by atoms with E-state index < -0.39 is 7.82 Å². The number of phosphoric ester groups is 1. The predicted octanol–water partition coefficient (Wildman–Crippen LogP) is -4.27. The van der Waals surface area contributed by atoms with Gasteiger partial charge >= 0.3 is 59.1 Å². The maximum atomic E-state index is 10.9. The minimum atomic E-state index is -5.21. The van der Waals surface area contributed by atoms with E-state index in [0.29, 0.717) is 22.8 Å². The van der Waals surface area contributed by atoms with Gasteiger partial charge in [0.05, 0.1) is 28.4 Å². The Labute approximate surface area is 222 Å². The molecular formula is C18H19BNa2O8P. The summed E-state index contributed by atoms with van der Waals surface area (Å²) in [5.41, 5.74) is 1.34. The summed E-state index contributed by atoms with van der Waals surface area (Å²) in [4.78, 5) is 21.8. The standard InChI is InChI=1S/C18H21O8P.B.2Na/c1-22-14-8-7-12(9-15(14)26-27(19,20)21)5-6-13-10-16(23-2)18(25-4)17(11-13)24-3;;;/h5-11H,1-4H3,(H2,19,20,21);;;/q;;2*+1/p-2/b6-5-;;;. The number of phosphoric acid groups is 1. The summed E-state index contributed by atoms with van der Waals surface area (Å²) in [6.07, 6.45) is 3.46. The van der Waals surface area contributed by atoms with Gasteiger partial charge in [-0.3, -0.25) is 0 Å². The molecule has 0 aliphatic heterocycles. The van der Waals surface area contributed by atoms with E-state index in [1.165, 1.54) is 40.6 Å². The van der Waals surface area contributed by atoms with Crippen molar-refractivity contribution in [3.63, 3.8) is 0 Å². The van der Waals surface area contributed by atoms with Crippen molar-refractivity contribution in [2.24, 2.45) is 0 Å². The molecule has 0 fully saturated rings. The van der Waals surface area contributed by atoms with Crippen LogP contribution in [0.4, 0.5) is 0 Å². The SMILES string of the molecule is COc1ccc(/C=C\c2cc(OC)c(OC)c(OC)c2)cc1OP(=O)([O-])[O-].[B].[Na+].[Na+]. The third kappa shape index (κ3) is 8.87. The molecule has 0 saturated heterocycles. The average molecular weight is 451 g/mol. The van der Waals surface area contributed by atoms with E-state index in [-0.39, 0.29) is 79.0 Å². The topological polar surface area (TPSA) is 109 Å². The molecule has 2 aromatic rings. The Morgan fingerprint density at radius 3 is 1.63 bits per heavy atom. The summed E-state index contributed by atoms with van der Waals surface area (Å²) in [5.74, 6) is 1.41. The van der Waals surface area contributed by atoms with Crippen molar-refractivity contribution in [1.29, 1.82) is 0 Å². The largest absolute Gasteiger partial charge is 1.00 e. The second kappa shape index (κ2) is 14.5. The summed E-state index contributed by atoms with van der Waals surface area (Å²) >= 11 is 0. The van der Waals surface area contributed by atoms with Gasteiger partial charge in [0.25, 0.3) is 0 Å². The maximum absolute atomic E-state index is 10.9. The minimum Gasteiger partial charge on any atom is -0.780 e. The first-order valence-corrected chi connectivity index (χ1v) is 9.15. The van der Waals surface area contributed by atoms with Crippen molar-refractivity contribution < 1.29 is 96.9 Å². The normalized spacial score (nSPS) is 10.2. The zero-order valence-electron chi connectivity index (χ0n) is 17.8. The van der Waals surface area contributed by atoms with E-state index in [9.17, 15) is 14.4 Å². The van der Waals surface area contributed by atoms with Gasteiger partial charge < -0.3 is 37.8 Å². The first-order chi connectivity index (χ1) is 12.8. The maximum Gasteiger partial charge on any atom is 1.00 e. The quantitative estimate of drug-likeness (QED) is 0.226. The van der Waals surface area contributed by atoms with Gasteiger partial charge in [0.2, 0.25) is 5.75 Å². The molecule has 149 valence electrons. The Kier molecular flexibility index (Phi) is 15.2. The Morgan fingerprint density at radius 1 is 0.733 bits per heavy atom. The van der Waals surface area contributed by atoms with E-state index >= 15 is 0 Å². The van der Waals surface area contributed by atoms with Gasteiger partial charge in [-0.1, -0.05) is 18.2 Å². The monoisotopic (exact) mass is 451 g/mol. The van der Waals surface area contributed by atoms with E-state index in [0.717, 1.165) is 5.56 Å². The van der Waals surface area contributed by atoms with Crippen LogP contribution in [0.3, 0.4) is 0 Å². The smallest absolute Gasteiger partial charge is 0.780 e. The van der Waals surface area contributed by atoms with Gasteiger partial charge in [-0.25, -0.2) is 0 Å². The molecule has 0 N–H and O–H groups in total. The number of ether oxygens (including phenoxy) is 4. The van der Waals surface area contributed by atoms with Crippen LogP contribution in [0, 0.1) is 0 Å². The van der Waals surface area contributed by atoms with Gasteiger partial charge in [0, 0.05) is 8.41 Å². The zero-order chi connectivity index (χ0) is 20.0. The molecule has 2 rings (SSSR count). The van der Waals surface area contributed by atoms with Crippen LogP contribution in [0.2, 0.25) is 0 Å². The third-order valence-electron chi connectivity index (χ3n) is 3.55. The van der Waals surface area contributed by atoms with Crippen molar-refractivity contribution in [3.8, 4) is 28.7 Å². The fraction of sp³-hybridized carbons (Fsp3) is 0.222. The van der Waals surface area contributed by atoms with E-state index in [4.69, 9.17) is 18.9 Å². The average Bonchev–Trinajstić information content (AvgIpc) is 2.64. The van der Waals surface area contributed by atoms with Gasteiger partial charge in [0.1, 0.15) is 7.82 Å². The van der Waals surface area contributed by atoms with Crippen molar-refractivity contribution in [2.45, 2.75) is 0 Å². The summed E-state index contributed by atoms with van der Waals surface area (Å²) in [5, 5.41) is 0. The predicted molar refractivity (Wildman–Crippen MR) is 102 cm³/mol. The number of methoxy groups -OCH3 is 4. The molecule has 0 heterocycles.